The van der Waals surface area contributed by atoms with Crippen molar-refractivity contribution >= 4 is 23.4 Å². The number of amides is 1. The first-order valence-corrected chi connectivity index (χ1v) is 6.92. The zero-order valence-electron chi connectivity index (χ0n) is 10.4. The number of carbonyl (C=O) groups excluding carboxylic acids is 1. The van der Waals surface area contributed by atoms with Gasteiger partial charge in [-0.1, -0.05) is 24.3 Å². The van der Waals surface area contributed by atoms with E-state index in [9.17, 15) is 4.79 Å². The van der Waals surface area contributed by atoms with Crippen molar-refractivity contribution in [1.29, 1.82) is 5.26 Å². The molecule has 4 heteroatoms. The van der Waals surface area contributed by atoms with Crippen molar-refractivity contribution in [1.82, 2.24) is 0 Å². The van der Waals surface area contributed by atoms with Crippen molar-refractivity contribution < 1.29 is 4.79 Å². The number of anilines is 1. The van der Waals surface area contributed by atoms with Crippen LogP contribution < -0.4 is 5.32 Å². The molecule has 2 aromatic rings. The summed E-state index contributed by atoms with van der Waals surface area (Å²) >= 11 is 1.52. The summed E-state index contributed by atoms with van der Waals surface area (Å²) in [6.07, 6.45) is 1.93. The highest BCUT2D eigenvalue weighted by Gasteiger charge is 2.11. The largest absolute Gasteiger partial charge is 0.321 e. The minimum atomic E-state index is -0.201. The molecule has 0 aliphatic carbocycles. The third kappa shape index (κ3) is 2.95. The summed E-state index contributed by atoms with van der Waals surface area (Å²) in [4.78, 5) is 13.1. The number of hydrogen-bond donors (Lipinski definition) is 1. The lowest BCUT2D eigenvalue weighted by molar-refractivity contribution is 0.102. The molecule has 1 N–H and O–H groups in total. The Balaban J connectivity index is 2.29. The second-order valence-electron chi connectivity index (χ2n) is 3.81. The molecule has 0 bridgehead atoms. The molecule has 0 radical (unpaired) electrons. The van der Waals surface area contributed by atoms with Gasteiger partial charge < -0.3 is 5.32 Å². The maximum absolute atomic E-state index is 12.2. The Morgan fingerprint density at radius 3 is 2.58 bits per heavy atom. The van der Waals surface area contributed by atoms with Crippen LogP contribution in [-0.4, -0.2) is 12.2 Å². The zero-order valence-corrected chi connectivity index (χ0v) is 11.2. The summed E-state index contributed by atoms with van der Waals surface area (Å²) in [7, 11) is 0. The van der Waals surface area contributed by atoms with Crippen LogP contribution in [0, 0.1) is 11.3 Å². The Morgan fingerprint density at radius 2 is 1.84 bits per heavy atom. The van der Waals surface area contributed by atoms with Gasteiger partial charge in [0.25, 0.3) is 5.91 Å². The third-order valence-corrected chi connectivity index (χ3v) is 3.44. The minimum Gasteiger partial charge on any atom is -0.321 e. The van der Waals surface area contributed by atoms with E-state index in [1.807, 2.05) is 24.5 Å². The highest BCUT2D eigenvalue weighted by molar-refractivity contribution is 7.98. The van der Waals surface area contributed by atoms with E-state index in [0.717, 1.165) is 4.90 Å². The van der Waals surface area contributed by atoms with E-state index in [0.29, 0.717) is 16.8 Å². The van der Waals surface area contributed by atoms with Crippen LogP contribution in [0.3, 0.4) is 0 Å². The molecule has 0 aliphatic rings. The number of benzene rings is 2. The first-order valence-electron chi connectivity index (χ1n) is 5.69. The Morgan fingerprint density at radius 1 is 1.16 bits per heavy atom. The van der Waals surface area contributed by atoms with Gasteiger partial charge in [0.05, 0.1) is 16.8 Å². The van der Waals surface area contributed by atoms with E-state index in [1.165, 1.54) is 11.8 Å². The summed E-state index contributed by atoms with van der Waals surface area (Å²) in [5.74, 6) is -0.201. The molecule has 0 aromatic heterocycles. The molecule has 2 rings (SSSR count). The number of rotatable bonds is 3. The van der Waals surface area contributed by atoms with Gasteiger partial charge in [0.2, 0.25) is 0 Å². The standard InChI is InChI=1S/C15H12N2OS/c1-19-14-9-5-3-7-12(14)15(18)17-13-8-4-2-6-11(13)10-16/h2-9H,1H3,(H,17,18). The fourth-order valence-corrected chi connectivity index (χ4v) is 2.31. The van der Waals surface area contributed by atoms with Crippen LogP contribution in [0.2, 0.25) is 0 Å². The van der Waals surface area contributed by atoms with Crippen molar-refractivity contribution in [2.75, 3.05) is 11.6 Å². The van der Waals surface area contributed by atoms with Crippen LogP contribution in [-0.2, 0) is 0 Å². The molecule has 0 saturated heterocycles. The number of thioether (sulfide) groups is 1. The second-order valence-corrected chi connectivity index (χ2v) is 4.66. The number of para-hydroxylation sites is 1. The quantitative estimate of drug-likeness (QED) is 0.866. The SMILES string of the molecule is CSc1ccccc1C(=O)Nc1ccccc1C#N. The predicted molar refractivity (Wildman–Crippen MR) is 77.3 cm³/mol. The normalized spacial score (nSPS) is 9.68. The van der Waals surface area contributed by atoms with Crippen molar-refractivity contribution in [3.8, 4) is 6.07 Å². The van der Waals surface area contributed by atoms with Gasteiger partial charge in [0, 0.05) is 4.90 Å². The molecule has 0 unspecified atom stereocenters. The smallest absolute Gasteiger partial charge is 0.256 e. The molecular weight excluding hydrogens is 256 g/mol. The zero-order chi connectivity index (χ0) is 13.7. The maximum Gasteiger partial charge on any atom is 0.256 e. The molecule has 0 heterocycles. The van der Waals surface area contributed by atoms with Crippen molar-refractivity contribution in [3.63, 3.8) is 0 Å². The van der Waals surface area contributed by atoms with Crippen LogP contribution in [0.4, 0.5) is 5.69 Å². The van der Waals surface area contributed by atoms with Crippen molar-refractivity contribution in [2.45, 2.75) is 4.90 Å². The Bertz CT molecular complexity index is 647. The van der Waals surface area contributed by atoms with Crippen LogP contribution >= 0.6 is 11.8 Å². The second kappa shape index (κ2) is 6.07. The first-order chi connectivity index (χ1) is 9.26. The monoisotopic (exact) mass is 268 g/mol. The van der Waals surface area contributed by atoms with Gasteiger partial charge in [0.1, 0.15) is 6.07 Å². The van der Waals surface area contributed by atoms with E-state index in [4.69, 9.17) is 5.26 Å². The van der Waals surface area contributed by atoms with Crippen LogP contribution in [0.5, 0.6) is 0 Å². The Labute approximate surface area is 116 Å². The lowest BCUT2D eigenvalue weighted by atomic mass is 10.1. The maximum atomic E-state index is 12.2. The molecule has 3 nitrogen and oxygen atoms in total. The predicted octanol–water partition coefficient (Wildman–Crippen LogP) is 3.53. The van der Waals surface area contributed by atoms with Crippen LogP contribution in [0.15, 0.2) is 53.4 Å². The average molecular weight is 268 g/mol. The van der Waals surface area contributed by atoms with Crippen molar-refractivity contribution in [2.24, 2.45) is 0 Å². The van der Waals surface area contributed by atoms with E-state index >= 15 is 0 Å². The number of hydrogen-bond acceptors (Lipinski definition) is 3. The fraction of sp³-hybridized carbons (Fsp3) is 0.0667. The van der Waals surface area contributed by atoms with Gasteiger partial charge in [0.15, 0.2) is 0 Å². The highest BCUT2D eigenvalue weighted by Crippen LogP contribution is 2.22. The van der Waals surface area contributed by atoms with E-state index < -0.39 is 0 Å². The Kier molecular flexibility index (Phi) is 4.22. The highest BCUT2D eigenvalue weighted by atomic mass is 32.2. The molecule has 0 spiro atoms. The first kappa shape index (κ1) is 13.2. The fourth-order valence-electron chi connectivity index (χ4n) is 1.71. The Hall–Kier alpha value is -2.25. The molecule has 0 aliphatic heterocycles. The topological polar surface area (TPSA) is 52.9 Å². The summed E-state index contributed by atoms with van der Waals surface area (Å²) in [6.45, 7) is 0. The van der Waals surface area contributed by atoms with Gasteiger partial charge in [-0.05, 0) is 30.5 Å². The lowest BCUT2D eigenvalue weighted by Crippen LogP contribution is -2.13. The molecule has 0 fully saturated rings. The molecule has 0 saturated carbocycles. The summed E-state index contributed by atoms with van der Waals surface area (Å²) in [5.41, 5.74) is 1.60. The average Bonchev–Trinajstić information content (AvgIpc) is 2.47. The van der Waals surface area contributed by atoms with Crippen LogP contribution in [0.25, 0.3) is 0 Å². The van der Waals surface area contributed by atoms with E-state index in [2.05, 4.69) is 11.4 Å². The number of nitrogens with zero attached hydrogens (tertiary/aromatic N) is 1. The third-order valence-electron chi connectivity index (χ3n) is 2.65. The molecule has 0 atom stereocenters. The number of carbonyl (C=O) groups is 1. The van der Waals surface area contributed by atoms with Gasteiger partial charge in [-0.3, -0.25) is 4.79 Å². The molecule has 2 aromatic carbocycles. The van der Waals surface area contributed by atoms with Gasteiger partial charge in [-0.25, -0.2) is 0 Å². The van der Waals surface area contributed by atoms with E-state index in [1.54, 1.807) is 30.3 Å². The van der Waals surface area contributed by atoms with Gasteiger partial charge in [-0.15, -0.1) is 11.8 Å². The summed E-state index contributed by atoms with van der Waals surface area (Å²) in [6, 6.07) is 16.4. The molecule has 1 amide bonds. The number of nitriles is 1. The van der Waals surface area contributed by atoms with Gasteiger partial charge in [-0.2, -0.15) is 5.26 Å². The molecular formula is C15H12N2OS. The minimum absolute atomic E-state index is 0.201. The molecule has 94 valence electrons. The van der Waals surface area contributed by atoms with Crippen molar-refractivity contribution in [3.05, 3.63) is 59.7 Å². The van der Waals surface area contributed by atoms with Crippen LogP contribution in [0.1, 0.15) is 15.9 Å². The summed E-state index contributed by atoms with van der Waals surface area (Å²) in [5, 5.41) is 11.8. The van der Waals surface area contributed by atoms with E-state index in [-0.39, 0.29) is 5.91 Å². The molecule has 19 heavy (non-hydrogen) atoms. The van der Waals surface area contributed by atoms with Gasteiger partial charge >= 0.3 is 0 Å². The number of nitrogens with one attached hydrogen (secondary N) is 1. The lowest BCUT2D eigenvalue weighted by Gasteiger charge is -2.09. The summed E-state index contributed by atoms with van der Waals surface area (Å²) < 4.78 is 0.